The SMILES string of the molecule is CCN(CC)c1cc2c(cc1F)c(=O)c(S(=O)(=O)c1cccc(C)c1)cn2Cc1ccc(C)cc1. The normalized spacial score (nSPS) is 11.7. The summed E-state index contributed by atoms with van der Waals surface area (Å²) >= 11 is 0. The van der Waals surface area contributed by atoms with Crippen LogP contribution in [0.25, 0.3) is 10.9 Å². The van der Waals surface area contributed by atoms with Gasteiger partial charge >= 0.3 is 0 Å². The van der Waals surface area contributed by atoms with Gasteiger partial charge in [-0.15, -0.1) is 0 Å². The van der Waals surface area contributed by atoms with E-state index in [0.717, 1.165) is 16.7 Å². The van der Waals surface area contributed by atoms with Crippen molar-refractivity contribution in [3.8, 4) is 0 Å². The van der Waals surface area contributed by atoms with Gasteiger partial charge in [-0.1, -0.05) is 42.0 Å². The molecule has 0 aliphatic heterocycles. The molecule has 0 atom stereocenters. The van der Waals surface area contributed by atoms with Crippen LogP contribution < -0.4 is 10.3 Å². The number of sulfone groups is 1. The second-order valence-electron chi connectivity index (χ2n) is 8.75. The lowest BCUT2D eigenvalue weighted by molar-refractivity contribution is 0.593. The van der Waals surface area contributed by atoms with E-state index < -0.39 is 21.1 Å². The summed E-state index contributed by atoms with van der Waals surface area (Å²) in [7, 11) is -4.12. The first-order valence-electron chi connectivity index (χ1n) is 11.6. The van der Waals surface area contributed by atoms with E-state index in [1.54, 1.807) is 29.7 Å². The summed E-state index contributed by atoms with van der Waals surface area (Å²) in [5.74, 6) is -0.551. The van der Waals surface area contributed by atoms with Crippen molar-refractivity contribution >= 4 is 26.4 Å². The number of nitrogens with zero attached hydrogens (tertiary/aromatic N) is 2. The van der Waals surface area contributed by atoms with Crippen LogP contribution >= 0.6 is 0 Å². The molecular formula is C28H29FN2O3S. The molecule has 0 bridgehead atoms. The standard InChI is InChI=1S/C28H29FN2O3S/c1-5-30(6-2)26-16-25-23(15-24(26)29)28(32)27(35(33,34)22-9-7-8-20(4)14-22)18-31(25)17-21-12-10-19(3)11-13-21/h7-16,18H,5-6,17H2,1-4H3. The lowest BCUT2D eigenvalue weighted by Crippen LogP contribution is -2.24. The number of pyridine rings is 1. The van der Waals surface area contributed by atoms with Gasteiger partial charge in [-0.3, -0.25) is 4.79 Å². The monoisotopic (exact) mass is 492 g/mol. The van der Waals surface area contributed by atoms with E-state index in [9.17, 15) is 13.2 Å². The molecule has 182 valence electrons. The van der Waals surface area contributed by atoms with Crippen LogP contribution in [0.3, 0.4) is 0 Å². The number of hydrogen-bond acceptors (Lipinski definition) is 4. The third-order valence-electron chi connectivity index (χ3n) is 6.28. The van der Waals surface area contributed by atoms with Gasteiger partial charge in [0.1, 0.15) is 10.7 Å². The van der Waals surface area contributed by atoms with Crippen LogP contribution in [0.15, 0.2) is 81.4 Å². The Morgan fingerprint density at radius 2 is 1.60 bits per heavy atom. The zero-order valence-corrected chi connectivity index (χ0v) is 21.2. The Bertz CT molecular complexity index is 1550. The molecule has 0 aliphatic rings. The second-order valence-corrected chi connectivity index (χ2v) is 10.7. The fraction of sp³-hybridized carbons (Fsp3) is 0.250. The molecule has 0 aliphatic carbocycles. The molecule has 0 N–H and O–H groups in total. The van der Waals surface area contributed by atoms with Crippen molar-refractivity contribution in [1.82, 2.24) is 4.57 Å². The Balaban J connectivity index is 2.02. The molecule has 0 fully saturated rings. The molecule has 1 aromatic heterocycles. The van der Waals surface area contributed by atoms with E-state index in [-0.39, 0.29) is 15.2 Å². The minimum absolute atomic E-state index is 0.0380. The van der Waals surface area contributed by atoms with Crippen molar-refractivity contribution in [3.05, 3.63) is 99.6 Å². The lowest BCUT2D eigenvalue weighted by Gasteiger charge is -2.23. The minimum Gasteiger partial charge on any atom is -0.370 e. The summed E-state index contributed by atoms with van der Waals surface area (Å²) < 4.78 is 44.0. The van der Waals surface area contributed by atoms with Crippen LogP contribution in [-0.4, -0.2) is 26.1 Å². The van der Waals surface area contributed by atoms with Gasteiger partial charge in [0, 0.05) is 25.8 Å². The predicted octanol–water partition coefficient (Wildman–Crippen LogP) is 5.48. The highest BCUT2D eigenvalue weighted by Crippen LogP contribution is 2.28. The molecule has 4 rings (SSSR count). The van der Waals surface area contributed by atoms with Crippen LogP contribution in [0, 0.1) is 19.7 Å². The van der Waals surface area contributed by atoms with E-state index in [1.165, 1.54) is 24.4 Å². The Morgan fingerprint density at radius 1 is 0.914 bits per heavy atom. The highest BCUT2D eigenvalue weighted by Gasteiger charge is 2.25. The lowest BCUT2D eigenvalue weighted by atomic mass is 10.1. The molecule has 0 saturated carbocycles. The fourth-order valence-corrected chi connectivity index (χ4v) is 5.77. The molecule has 35 heavy (non-hydrogen) atoms. The first-order valence-corrected chi connectivity index (χ1v) is 13.1. The van der Waals surface area contributed by atoms with Crippen LogP contribution in [0.1, 0.15) is 30.5 Å². The molecule has 0 amide bonds. The average Bonchev–Trinajstić information content (AvgIpc) is 2.83. The predicted molar refractivity (Wildman–Crippen MR) is 139 cm³/mol. The third-order valence-corrected chi connectivity index (χ3v) is 8.03. The van der Waals surface area contributed by atoms with Crippen LogP contribution in [0.4, 0.5) is 10.1 Å². The highest BCUT2D eigenvalue weighted by atomic mass is 32.2. The Morgan fingerprint density at radius 3 is 2.23 bits per heavy atom. The Hall–Kier alpha value is -3.45. The van der Waals surface area contributed by atoms with E-state index in [2.05, 4.69) is 0 Å². The molecule has 1 heterocycles. The van der Waals surface area contributed by atoms with Gasteiger partial charge in [0.05, 0.1) is 21.5 Å². The molecule has 5 nitrogen and oxygen atoms in total. The number of aromatic nitrogens is 1. The van der Waals surface area contributed by atoms with Crippen molar-refractivity contribution in [2.24, 2.45) is 0 Å². The number of aryl methyl sites for hydroxylation is 2. The summed E-state index contributed by atoms with van der Waals surface area (Å²) in [6.45, 7) is 9.18. The van der Waals surface area contributed by atoms with Crippen LogP contribution in [-0.2, 0) is 16.4 Å². The van der Waals surface area contributed by atoms with Gasteiger partial charge in [-0.2, -0.15) is 0 Å². The molecule has 0 spiro atoms. The van der Waals surface area contributed by atoms with E-state index in [4.69, 9.17) is 0 Å². The number of rotatable bonds is 7. The van der Waals surface area contributed by atoms with Gasteiger partial charge in [0.25, 0.3) is 0 Å². The van der Waals surface area contributed by atoms with Gasteiger partial charge in [-0.25, -0.2) is 12.8 Å². The average molecular weight is 493 g/mol. The van der Waals surface area contributed by atoms with Crippen molar-refractivity contribution in [2.75, 3.05) is 18.0 Å². The summed E-state index contributed by atoms with van der Waals surface area (Å²) in [4.78, 5) is 15.0. The first kappa shape index (κ1) is 24.7. The molecule has 3 aromatic carbocycles. The Kier molecular flexibility index (Phi) is 6.81. The first-order chi connectivity index (χ1) is 16.6. The van der Waals surface area contributed by atoms with Gasteiger partial charge in [0.2, 0.25) is 15.3 Å². The zero-order valence-electron chi connectivity index (χ0n) is 20.4. The molecule has 7 heteroatoms. The molecule has 4 aromatic rings. The number of fused-ring (bicyclic) bond motifs is 1. The van der Waals surface area contributed by atoms with Crippen LogP contribution in [0.5, 0.6) is 0 Å². The summed E-state index contributed by atoms with van der Waals surface area (Å²) in [5, 5.41) is 0.0410. The Labute approximate surface area is 205 Å². The number of hydrogen-bond donors (Lipinski definition) is 0. The van der Waals surface area contributed by atoms with Crippen molar-refractivity contribution in [2.45, 2.75) is 44.0 Å². The molecular weight excluding hydrogens is 463 g/mol. The van der Waals surface area contributed by atoms with Gasteiger partial charge < -0.3 is 9.47 Å². The maximum Gasteiger partial charge on any atom is 0.211 e. The largest absolute Gasteiger partial charge is 0.370 e. The van der Waals surface area contributed by atoms with Crippen molar-refractivity contribution in [1.29, 1.82) is 0 Å². The molecule has 0 saturated heterocycles. The maximum absolute atomic E-state index is 15.2. The van der Waals surface area contributed by atoms with Gasteiger partial charge in [0.15, 0.2) is 0 Å². The van der Waals surface area contributed by atoms with E-state index in [1.807, 2.05) is 49.9 Å². The number of halogens is 1. The number of benzene rings is 3. The van der Waals surface area contributed by atoms with E-state index in [0.29, 0.717) is 30.8 Å². The number of anilines is 1. The minimum atomic E-state index is -4.12. The van der Waals surface area contributed by atoms with E-state index >= 15 is 4.39 Å². The highest BCUT2D eigenvalue weighted by molar-refractivity contribution is 7.91. The molecule has 0 radical (unpaired) electrons. The fourth-order valence-electron chi connectivity index (χ4n) is 4.30. The second kappa shape index (κ2) is 9.66. The smallest absolute Gasteiger partial charge is 0.211 e. The third kappa shape index (κ3) is 4.73. The van der Waals surface area contributed by atoms with Crippen LogP contribution in [0.2, 0.25) is 0 Å². The summed E-state index contributed by atoms with van der Waals surface area (Å²) in [5.41, 5.74) is 2.98. The quantitative estimate of drug-likeness (QED) is 0.343. The van der Waals surface area contributed by atoms with Crippen molar-refractivity contribution in [3.63, 3.8) is 0 Å². The zero-order chi connectivity index (χ0) is 25.3. The summed E-state index contributed by atoms with van der Waals surface area (Å²) in [6.07, 6.45) is 1.39. The summed E-state index contributed by atoms with van der Waals surface area (Å²) in [6, 6.07) is 17.1. The van der Waals surface area contributed by atoms with Gasteiger partial charge in [-0.05, 0) is 63.1 Å². The maximum atomic E-state index is 15.2. The van der Waals surface area contributed by atoms with Crippen molar-refractivity contribution < 1.29 is 12.8 Å². The molecule has 0 unspecified atom stereocenters. The topological polar surface area (TPSA) is 59.4 Å².